The highest BCUT2D eigenvalue weighted by molar-refractivity contribution is 5.17. The fraction of sp³-hybridized carbons (Fsp3) is 0.773. The van der Waals surface area contributed by atoms with Crippen LogP contribution in [0.3, 0.4) is 0 Å². The first-order chi connectivity index (χ1) is 11.6. The molecular weight excluding hydrogens is 292 g/mol. The zero-order valence-corrected chi connectivity index (χ0v) is 15.3. The molecule has 0 spiro atoms. The molecule has 0 aromatic carbocycles. The van der Waals surface area contributed by atoms with Gasteiger partial charge in [-0.3, -0.25) is 0 Å². The molecule has 0 radical (unpaired) electrons. The number of nitrogens with zero attached hydrogens (tertiary/aromatic N) is 1. The Kier molecular flexibility index (Phi) is 3.31. The molecule has 7 atom stereocenters. The van der Waals surface area contributed by atoms with Gasteiger partial charge in [-0.2, -0.15) is 0 Å². The summed E-state index contributed by atoms with van der Waals surface area (Å²) in [5.74, 6) is 5.67. The van der Waals surface area contributed by atoms with Crippen LogP contribution < -0.4 is 0 Å². The molecule has 5 rings (SSSR count). The van der Waals surface area contributed by atoms with Gasteiger partial charge in [0.05, 0.1) is 0 Å². The second-order valence-corrected chi connectivity index (χ2v) is 9.80. The fourth-order valence-electron chi connectivity index (χ4n) is 7.59. The molecule has 0 saturated heterocycles. The number of H-pyrrole nitrogens is 1. The molecule has 1 aromatic rings. The number of aromatic nitrogens is 2. The van der Waals surface area contributed by atoms with E-state index in [1.54, 1.807) is 0 Å². The molecule has 1 aromatic heterocycles. The van der Waals surface area contributed by atoms with Gasteiger partial charge in [0.15, 0.2) is 0 Å². The van der Waals surface area contributed by atoms with Crippen molar-refractivity contribution in [1.29, 1.82) is 0 Å². The smallest absolute Gasteiger partial charge is 0.109 e. The Balaban J connectivity index is 1.46. The number of imidazole rings is 1. The van der Waals surface area contributed by atoms with Crippen molar-refractivity contribution in [2.45, 2.75) is 71.1 Å². The van der Waals surface area contributed by atoms with Gasteiger partial charge in [0.2, 0.25) is 0 Å². The van der Waals surface area contributed by atoms with Gasteiger partial charge in [0, 0.05) is 18.3 Å². The van der Waals surface area contributed by atoms with Crippen molar-refractivity contribution in [2.75, 3.05) is 0 Å². The number of nitrogens with one attached hydrogen (secondary N) is 1. The molecule has 2 heteroatoms. The van der Waals surface area contributed by atoms with Gasteiger partial charge < -0.3 is 4.98 Å². The lowest BCUT2D eigenvalue weighted by atomic mass is 9.46. The quantitative estimate of drug-likeness (QED) is 0.659. The fourth-order valence-corrected chi connectivity index (χ4v) is 7.59. The molecule has 3 fully saturated rings. The van der Waals surface area contributed by atoms with Crippen LogP contribution in [0.4, 0.5) is 0 Å². The second kappa shape index (κ2) is 5.22. The maximum atomic E-state index is 4.60. The van der Waals surface area contributed by atoms with Crippen molar-refractivity contribution in [3.05, 3.63) is 30.4 Å². The summed E-state index contributed by atoms with van der Waals surface area (Å²) < 4.78 is 0. The molecule has 0 aliphatic heterocycles. The number of hydrogen-bond acceptors (Lipinski definition) is 1. The Morgan fingerprint density at radius 1 is 1.12 bits per heavy atom. The van der Waals surface area contributed by atoms with E-state index in [-0.39, 0.29) is 0 Å². The first-order valence-corrected chi connectivity index (χ1v) is 10.3. The van der Waals surface area contributed by atoms with Crippen LogP contribution in [0.2, 0.25) is 0 Å². The Labute approximate surface area is 146 Å². The van der Waals surface area contributed by atoms with Gasteiger partial charge in [-0.05, 0) is 85.9 Å². The first-order valence-electron chi connectivity index (χ1n) is 10.3. The Hall–Kier alpha value is -1.05. The summed E-state index contributed by atoms with van der Waals surface area (Å²) in [6.45, 7) is 5.20. The van der Waals surface area contributed by atoms with Gasteiger partial charge in [-0.25, -0.2) is 4.98 Å². The summed E-state index contributed by atoms with van der Waals surface area (Å²) in [4.78, 5) is 8.01. The molecule has 130 valence electrons. The van der Waals surface area contributed by atoms with E-state index in [2.05, 4.69) is 36.0 Å². The molecule has 2 unspecified atom stereocenters. The summed E-state index contributed by atoms with van der Waals surface area (Å²) in [6, 6.07) is 0. The van der Waals surface area contributed by atoms with Crippen molar-refractivity contribution >= 4 is 0 Å². The number of hydrogen-bond donors (Lipinski definition) is 1. The summed E-state index contributed by atoms with van der Waals surface area (Å²) >= 11 is 0. The summed E-state index contributed by atoms with van der Waals surface area (Å²) in [6.07, 6.45) is 20.4. The average Bonchev–Trinajstić information content (AvgIpc) is 3.20. The van der Waals surface area contributed by atoms with Gasteiger partial charge in [-0.1, -0.05) is 26.0 Å². The van der Waals surface area contributed by atoms with Gasteiger partial charge in [-0.15, -0.1) is 0 Å². The van der Waals surface area contributed by atoms with E-state index in [1.807, 2.05) is 12.4 Å². The minimum atomic E-state index is 0.491. The second-order valence-electron chi connectivity index (χ2n) is 9.80. The third kappa shape index (κ3) is 2.04. The predicted molar refractivity (Wildman–Crippen MR) is 97.6 cm³/mol. The van der Waals surface area contributed by atoms with Crippen LogP contribution in [-0.4, -0.2) is 9.97 Å². The van der Waals surface area contributed by atoms with E-state index < -0.39 is 0 Å². The van der Waals surface area contributed by atoms with Gasteiger partial charge >= 0.3 is 0 Å². The SMILES string of the molecule is C[C@]12CC[C@@H]3[C@@H](CCC4CCC=C[C@@]43C)[C@@H]1CC(c1ncc[nH]1)C2. The molecule has 4 aliphatic rings. The van der Waals surface area contributed by atoms with Crippen LogP contribution in [0, 0.1) is 34.5 Å². The summed E-state index contributed by atoms with van der Waals surface area (Å²) in [7, 11) is 0. The van der Waals surface area contributed by atoms with Crippen LogP contribution in [0.1, 0.15) is 77.0 Å². The highest BCUT2D eigenvalue weighted by Gasteiger charge is 2.58. The Morgan fingerprint density at radius 2 is 2.04 bits per heavy atom. The molecule has 1 N–H and O–H groups in total. The average molecular weight is 325 g/mol. The zero-order chi connectivity index (χ0) is 16.4. The van der Waals surface area contributed by atoms with Crippen LogP contribution >= 0.6 is 0 Å². The van der Waals surface area contributed by atoms with Crippen LogP contribution in [0.5, 0.6) is 0 Å². The molecule has 0 amide bonds. The Bertz CT molecular complexity index is 632. The van der Waals surface area contributed by atoms with Crippen molar-refractivity contribution in [3.63, 3.8) is 0 Å². The zero-order valence-electron chi connectivity index (χ0n) is 15.3. The predicted octanol–water partition coefficient (Wildman–Crippen LogP) is 5.70. The topological polar surface area (TPSA) is 28.7 Å². The monoisotopic (exact) mass is 324 g/mol. The molecule has 24 heavy (non-hydrogen) atoms. The lowest BCUT2D eigenvalue weighted by Crippen LogP contribution is -2.50. The number of aromatic amines is 1. The largest absolute Gasteiger partial charge is 0.348 e. The highest BCUT2D eigenvalue weighted by atomic mass is 14.9. The molecule has 1 heterocycles. The third-order valence-corrected chi connectivity index (χ3v) is 8.80. The van der Waals surface area contributed by atoms with E-state index in [4.69, 9.17) is 0 Å². The van der Waals surface area contributed by atoms with Crippen molar-refractivity contribution in [2.24, 2.45) is 34.5 Å². The van der Waals surface area contributed by atoms with E-state index in [9.17, 15) is 0 Å². The molecule has 2 nitrogen and oxygen atoms in total. The van der Waals surface area contributed by atoms with E-state index in [0.29, 0.717) is 16.7 Å². The van der Waals surface area contributed by atoms with Crippen molar-refractivity contribution in [3.8, 4) is 0 Å². The van der Waals surface area contributed by atoms with Gasteiger partial charge in [0.25, 0.3) is 0 Å². The minimum absolute atomic E-state index is 0.491. The van der Waals surface area contributed by atoms with Crippen LogP contribution in [0.25, 0.3) is 0 Å². The minimum Gasteiger partial charge on any atom is -0.348 e. The third-order valence-electron chi connectivity index (χ3n) is 8.80. The number of fused-ring (bicyclic) bond motifs is 5. The standard InChI is InChI=1S/C22H32N2/c1-21-10-8-18-17(7-6-16-5-3-4-9-22(16,18)2)19(21)13-15(14-21)20-23-11-12-24-20/h4,9,11-12,15-19H,3,5-8,10,13-14H2,1-2H3,(H,23,24)/t15?,16?,17-,18-,19+,21-,22+/m1/s1. The van der Waals surface area contributed by atoms with Crippen LogP contribution in [0.15, 0.2) is 24.5 Å². The first kappa shape index (κ1) is 15.2. The lowest BCUT2D eigenvalue weighted by Gasteiger charge is -2.58. The number of rotatable bonds is 1. The molecule has 3 saturated carbocycles. The molecular formula is C22H32N2. The van der Waals surface area contributed by atoms with E-state index in [0.717, 1.165) is 23.7 Å². The highest BCUT2D eigenvalue weighted by Crippen LogP contribution is 2.67. The maximum absolute atomic E-state index is 4.60. The van der Waals surface area contributed by atoms with Crippen molar-refractivity contribution < 1.29 is 0 Å². The van der Waals surface area contributed by atoms with Gasteiger partial charge in [0.1, 0.15) is 5.82 Å². The Morgan fingerprint density at radius 3 is 2.88 bits per heavy atom. The molecule has 4 aliphatic carbocycles. The summed E-state index contributed by atoms with van der Waals surface area (Å²) in [5, 5.41) is 0. The lowest BCUT2D eigenvalue weighted by molar-refractivity contribution is -0.0679. The van der Waals surface area contributed by atoms with E-state index >= 15 is 0 Å². The number of allylic oxidation sites excluding steroid dienone is 2. The molecule has 0 bridgehead atoms. The normalized spacial score (nSPS) is 50.2. The summed E-state index contributed by atoms with van der Waals surface area (Å²) in [5.41, 5.74) is 1.05. The van der Waals surface area contributed by atoms with Crippen molar-refractivity contribution in [1.82, 2.24) is 9.97 Å². The van der Waals surface area contributed by atoms with Crippen LogP contribution in [-0.2, 0) is 0 Å². The van der Waals surface area contributed by atoms with E-state index in [1.165, 1.54) is 57.2 Å². The maximum Gasteiger partial charge on any atom is 0.109 e.